The maximum Gasteiger partial charge on any atom is 0.276 e. The molecule has 0 unspecified atom stereocenters. The van der Waals surface area contributed by atoms with Crippen LogP contribution < -0.4 is 5.56 Å². The summed E-state index contributed by atoms with van der Waals surface area (Å²) in [4.78, 5) is 29.5. The summed E-state index contributed by atoms with van der Waals surface area (Å²) in [6, 6.07) is 3.70. The van der Waals surface area contributed by atoms with Gasteiger partial charge in [-0.15, -0.1) is 0 Å². The van der Waals surface area contributed by atoms with Crippen LogP contribution in [0, 0.1) is 17.2 Å². The number of fused-ring (bicyclic) bond motifs is 1. The lowest BCUT2D eigenvalue weighted by Crippen LogP contribution is -2.22. The largest absolute Gasteiger partial charge is 0.295 e. The van der Waals surface area contributed by atoms with Crippen LogP contribution in [0.2, 0.25) is 0 Å². The molecule has 3 heterocycles. The quantitative estimate of drug-likeness (QED) is 0.786. The molecular weight excluding hydrogens is 320 g/mol. The fraction of sp³-hybridized carbons (Fsp3) is 0.353. The second-order valence-electron chi connectivity index (χ2n) is 6.55. The van der Waals surface area contributed by atoms with Crippen LogP contribution in [-0.4, -0.2) is 30.3 Å². The van der Waals surface area contributed by atoms with Gasteiger partial charge >= 0.3 is 0 Å². The van der Waals surface area contributed by atoms with Crippen molar-refractivity contribution < 1.29 is 4.79 Å². The minimum Gasteiger partial charge on any atom is -0.295 e. The number of nitrogens with zero attached hydrogens (tertiary/aromatic N) is 5. The number of H-pyrrole nitrogens is 1. The molecule has 1 aliphatic rings. The summed E-state index contributed by atoms with van der Waals surface area (Å²) in [5.74, 6) is -0.0761. The van der Waals surface area contributed by atoms with Gasteiger partial charge < -0.3 is 0 Å². The summed E-state index contributed by atoms with van der Waals surface area (Å²) in [5.41, 5.74) is 1.64. The zero-order chi connectivity index (χ0) is 17.7. The van der Waals surface area contributed by atoms with E-state index < -0.39 is 0 Å². The molecule has 3 aromatic rings. The smallest absolute Gasteiger partial charge is 0.276 e. The molecule has 126 valence electrons. The molecule has 1 saturated carbocycles. The number of aromatic amines is 1. The molecule has 3 aromatic heterocycles. The van der Waals surface area contributed by atoms with Gasteiger partial charge in [0.2, 0.25) is 5.91 Å². The molecule has 4 rings (SSSR count). The Bertz CT molecular complexity index is 1090. The number of hydrogen-bond acceptors (Lipinski definition) is 5. The summed E-state index contributed by atoms with van der Waals surface area (Å²) in [6.07, 6.45) is 4.84. The highest BCUT2D eigenvalue weighted by Gasteiger charge is 2.31. The zero-order valence-corrected chi connectivity index (χ0v) is 13.9. The van der Waals surface area contributed by atoms with Gasteiger partial charge in [-0.1, -0.05) is 13.8 Å². The van der Waals surface area contributed by atoms with Crippen molar-refractivity contribution in [2.24, 2.45) is 5.92 Å². The fourth-order valence-electron chi connectivity index (χ4n) is 2.92. The van der Waals surface area contributed by atoms with Crippen LogP contribution in [0.1, 0.15) is 48.5 Å². The first-order chi connectivity index (χ1) is 12.0. The highest BCUT2D eigenvalue weighted by Crippen LogP contribution is 2.31. The molecule has 0 atom stereocenters. The number of rotatable bonds is 3. The van der Waals surface area contributed by atoms with Gasteiger partial charge in [0.15, 0.2) is 5.65 Å². The molecular formula is C17H16N6O2. The second kappa shape index (κ2) is 5.41. The van der Waals surface area contributed by atoms with Crippen LogP contribution >= 0.6 is 0 Å². The van der Waals surface area contributed by atoms with Gasteiger partial charge in [0.1, 0.15) is 23.0 Å². The molecule has 0 radical (unpaired) electrons. The van der Waals surface area contributed by atoms with Gasteiger partial charge in [-0.2, -0.15) is 10.4 Å². The highest BCUT2D eigenvalue weighted by molar-refractivity contribution is 5.83. The van der Waals surface area contributed by atoms with Crippen molar-refractivity contribution in [2.75, 3.05) is 0 Å². The Morgan fingerprint density at radius 2 is 2.20 bits per heavy atom. The molecule has 1 aliphatic carbocycles. The molecule has 0 bridgehead atoms. The molecule has 8 heteroatoms. The first-order valence-electron chi connectivity index (χ1n) is 8.15. The van der Waals surface area contributed by atoms with E-state index in [-0.39, 0.29) is 34.5 Å². The Balaban J connectivity index is 1.93. The molecule has 0 aliphatic heterocycles. The van der Waals surface area contributed by atoms with E-state index in [1.54, 1.807) is 12.3 Å². The minimum absolute atomic E-state index is 0.0329. The lowest BCUT2D eigenvalue weighted by atomic mass is 10.0. The molecule has 1 N–H and O–H groups in total. The molecule has 25 heavy (non-hydrogen) atoms. The molecule has 0 aromatic carbocycles. The first kappa shape index (κ1) is 15.3. The summed E-state index contributed by atoms with van der Waals surface area (Å²) >= 11 is 0. The molecule has 0 amide bonds. The number of carbonyl (C=O) groups excluding carboxylic acids is 1. The number of carbonyl (C=O) groups is 1. The van der Waals surface area contributed by atoms with Gasteiger partial charge in [-0.3, -0.25) is 14.7 Å². The van der Waals surface area contributed by atoms with Crippen molar-refractivity contribution in [3.05, 3.63) is 39.9 Å². The van der Waals surface area contributed by atoms with E-state index in [2.05, 4.69) is 15.2 Å². The maximum atomic E-state index is 12.8. The number of nitrogens with one attached hydrogen (secondary N) is 1. The van der Waals surface area contributed by atoms with Crippen LogP contribution in [-0.2, 0) is 0 Å². The Hall–Kier alpha value is -3.21. The lowest BCUT2D eigenvalue weighted by molar-refractivity contribution is 0.0870. The molecule has 1 fully saturated rings. The SMILES string of the molecule is CC(C)c1c(-c2ccn(C(=O)C3CC3)n2)nc2c(C#N)c[nH]n2c1=O. The van der Waals surface area contributed by atoms with E-state index in [1.807, 2.05) is 19.9 Å². The van der Waals surface area contributed by atoms with E-state index in [0.29, 0.717) is 17.0 Å². The monoisotopic (exact) mass is 336 g/mol. The van der Waals surface area contributed by atoms with Crippen molar-refractivity contribution in [3.8, 4) is 17.5 Å². The van der Waals surface area contributed by atoms with Gasteiger partial charge in [-0.05, 0) is 24.8 Å². The van der Waals surface area contributed by atoms with Crippen LogP contribution in [0.4, 0.5) is 0 Å². The zero-order valence-electron chi connectivity index (χ0n) is 13.9. The maximum absolute atomic E-state index is 12.8. The van der Waals surface area contributed by atoms with Gasteiger partial charge in [-0.25, -0.2) is 14.2 Å². The Kier molecular flexibility index (Phi) is 3.32. The van der Waals surface area contributed by atoms with Crippen molar-refractivity contribution in [3.63, 3.8) is 0 Å². The number of aromatic nitrogens is 5. The number of hydrogen-bond donors (Lipinski definition) is 1. The average molecular weight is 336 g/mol. The summed E-state index contributed by atoms with van der Waals surface area (Å²) in [7, 11) is 0. The third-order valence-electron chi connectivity index (χ3n) is 4.38. The van der Waals surface area contributed by atoms with Crippen molar-refractivity contribution in [1.29, 1.82) is 5.26 Å². The first-order valence-corrected chi connectivity index (χ1v) is 8.15. The Morgan fingerprint density at radius 1 is 1.44 bits per heavy atom. The minimum atomic E-state index is -0.264. The normalized spacial score (nSPS) is 14.2. The van der Waals surface area contributed by atoms with Crippen LogP contribution in [0.25, 0.3) is 17.0 Å². The van der Waals surface area contributed by atoms with E-state index in [1.165, 1.54) is 15.4 Å². The van der Waals surface area contributed by atoms with E-state index in [4.69, 9.17) is 0 Å². The van der Waals surface area contributed by atoms with Gasteiger partial charge in [0.05, 0.1) is 0 Å². The van der Waals surface area contributed by atoms with Crippen molar-refractivity contribution in [2.45, 2.75) is 32.6 Å². The van der Waals surface area contributed by atoms with Gasteiger partial charge in [0, 0.05) is 23.9 Å². The van der Waals surface area contributed by atoms with Crippen LogP contribution in [0.5, 0.6) is 0 Å². The predicted molar refractivity (Wildman–Crippen MR) is 89.2 cm³/mol. The summed E-state index contributed by atoms with van der Waals surface area (Å²) < 4.78 is 2.59. The predicted octanol–water partition coefficient (Wildman–Crippen LogP) is 1.93. The summed E-state index contributed by atoms with van der Waals surface area (Å²) in [5, 5.41) is 16.3. The van der Waals surface area contributed by atoms with Crippen LogP contribution in [0.3, 0.4) is 0 Å². The van der Waals surface area contributed by atoms with Crippen LogP contribution in [0.15, 0.2) is 23.3 Å². The lowest BCUT2D eigenvalue weighted by Gasteiger charge is -2.10. The highest BCUT2D eigenvalue weighted by atomic mass is 16.2. The molecule has 0 saturated heterocycles. The van der Waals surface area contributed by atoms with E-state index >= 15 is 0 Å². The van der Waals surface area contributed by atoms with Gasteiger partial charge in [0.25, 0.3) is 5.56 Å². The second-order valence-corrected chi connectivity index (χ2v) is 6.55. The Labute approximate surface area is 142 Å². The van der Waals surface area contributed by atoms with Crippen molar-refractivity contribution in [1.82, 2.24) is 24.4 Å². The third kappa shape index (κ3) is 2.36. The summed E-state index contributed by atoms with van der Waals surface area (Å²) in [6.45, 7) is 3.80. The van der Waals surface area contributed by atoms with E-state index in [9.17, 15) is 14.9 Å². The van der Waals surface area contributed by atoms with Crippen molar-refractivity contribution >= 4 is 11.6 Å². The Morgan fingerprint density at radius 3 is 2.84 bits per heavy atom. The van der Waals surface area contributed by atoms with E-state index in [0.717, 1.165) is 12.8 Å². The average Bonchev–Trinajstić information content (AvgIpc) is 3.17. The number of nitriles is 1. The molecule has 8 nitrogen and oxygen atoms in total. The fourth-order valence-corrected chi connectivity index (χ4v) is 2.92. The third-order valence-corrected chi connectivity index (χ3v) is 4.38. The topological polar surface area (TPSA) is 109 Å². The standard InChI is InChI=1S/C17H16N6O2/c1-9(2)13-14(12-5-6-22(21-12)16(24)10-3-4-10)20-15-11(7-18)8-19-23(15)17(13)25/h5-6,8-10,19H,3-4H2,1-2H3. The molecule has 0 spiro atoms.